The van der Waals surface area contributed by atoms with Crippen molar-refractivity contribution in [2.45, 2.75) is 25.2 Å². The highest BCUT2D eigenvalue weighted by atomic mass is 79.9. The van der Waals surface area contributed by atoms with Crippen molar-refractivity contribution in [1.29, 1.82) is 0 Å². The number of aliphatic hydroxyl groups is 1. The Morgan fingerprint density at radius 1 is 1.31 bits per heavy atom. The maximum Gasteiger partial charge on any atom is 0.0500 e. The van der Waals surface area contributed by atoms with Crippen molar-refractivity contribution in [3.05, 3.63) is 34.3 Å². The molecule has 0 saturated carbocycles. The SMILES string of the molecule is COCCCCC(CO)c1ccccc1Br. The second-order valence-electron chi connectivity index (χ2n) is 3.89. The van der Waals surface area contributed by atoms with E-state index in [-0.39, 0.29) is 12.5 Å². The molecule has 16 heavy (non-hydrogen) atoms. The number of methoxy groups -OCH3 is 1. The lowest BCUT2D eigenvalue weighted by Gasteiger charge is -2.15. The number of ether oxygens (including phenoxy) is 1. The van der Waals surface area contributed by atoms with E-state index in [0.29, 0.717) is 0 Å². The van der Waals surface area contributed by atoms with Crippen LogP contribution in [0, 0.1) is 0 Å². The molecule has 2 nitrogen and oxygen atoms in total. The van der Waals surface area contributed by atoms with Crippen LogP contribution in [0.3, 0.4) is 0 Å². The first-order valence-corrected chi connectivity index (χ1v) is 6.43. The van der Waals surface area contributed by atoms with Gasteiger partial charge in [0, 0.05) is 30.7 Å². The van der Waals surface area contributed by atoms with Crippen LogP contribution in [0.15, 0.2) is 28.7 Å². The van der Waals surface area contributed by atoms with Gasteiger partial charge in [-0.05, 0) is 24.5 Å². The van der Waals surface area contributed by atoms with Crippen LogP contribution in [-0.4, -0.2) is 25.4 Å². The zero-order valence-corrected chi connectivity index (χ0v) is 11.2. The molecule has 0 amide bonds. The summed E-state index contributed by atoms with van der Waals surface area (Å²) in [6.45, 7) is 1.00. The monoisotopic (exact) mass is 286 g/mol. The molecule has 0 aliphatic carbocycles. The lowest BCUT2D eigenvalue weighted by molar-refractivity contribution is 0.188. The second-order valence-corrected chi connectivity index (χ2v) is 4.74. The van der Waals surface area contributed by atoms with E-state index in [4.69, 9.17) is 4.74 Å². The minimum absolute atomic E-state index is 0.204. The van der Waals surface area contributed by atoms with Gasteiger partial charge in [-0.15, -0.1) is 0 Å². The molecule has 1 aromatic carbocycles. The first-order chi connectivity index (χ1) is 7.79. The standard InChI is InChI=1S/C13H19BrO2/c1-16-9-5-4-6-11(10-15)12-7-2-3-8-13(12)14/h2-3,7-8,11,15H,4-6,9-10H2,1H3. The van der Waals surface area contributed by atoms with Crippen LogP contribution in [0.4, 0.5) is 0 Å². The molecule has 1 rings (SSSR count). The Morgan fingerprint density at radius 2 is 2.06 bits per heavy atom. The van der Waals surface area contributed by atoms with E-state index in [1.54, 1.807) is 7.11 Å². The highest BCUT2D eigenvalue weighted by Gasteiger charge is 2.12. The minimum Gasteiger partial charge on any atom is -0.396 e. The van der Waals surface area contributed by atoms with Gasteiger partial charge in [0.15, 0.2) is 0 Å². The normalized spacial score (nSPS) is 12.7. The first kappa shape index (κ1) is 13.7. The van der Waals surface area contributed by atoms with Crippen molar-refractivity contribution in [2.75, 3.05) is 20.3 Å². The molecule has 0 saturated heterocycles. The maximum atomic E-state index is 9.41. The van der Waals surface area contributed by atoms with Gasteiger partial charge in [-0.1, -0.05) is 40.5 Å². The third-order valence-corrected chi connectivity index (χ3v) is 3.44. The Bertz CT molecular complexity index is 302. The zero-order valence-electron chi connectivity index (χ0n) is 9.66. The molecule has 3 heteroatoms. The van der Waals surface area contributed by atoms with Gasteiger partial charge < -0.3 is 9.84 Å². The Kier molecular flexibility index (Phi) is 6.69. The summed E-state index contributed by atoms with van der Waals surface area (Å²) in [5.41, 5.74) is 1.20. The van der Waals surface area contributed by atoms with E-state index >= 15 is 0 Å². The van der Waals surface area contributed by atoms with Crippen molar-refractivity contribution >= 4 is 15.9 Å². The molecule has 0 spiro atoms. The van der Waals surface area contributed by atoms with Crippen molar-refractivity contribution in [2.24, 2.45) is 0 Å². The lowest BCUT2D eigenvalue weighted by Crippen LogP contribution is -2.05. The molecule has 0 aliphatic heterocycles. The minimum atomic E-state index is 0.204. The molecular formula is C13H19BrO2. The number of unbranched alkanes of at least 4 members (excludes halogenated alkanes) is 1. The molecule has 0 radical (unpaired) electrons. The average molecular weight is 287 g/mol. The largest absolute Gasteiger partial charge is 0.396 e. The van der Waals surface area contributed by atoms with Gasteiger partial charge in [0.25, 0.3) is 0 Å². The molecule has 90 valence electrons. The maximum absolute atomic E-state index is 9.41. The van der Waals surface area contributed by atoms with Crippen LogP contribution < -0.4 is 0 Å². The summed E-state index contributed by atoms with van der Waals surface area (Å²) in [5.74, 6) is 0.229. The molecule has 0 fully saturated rings. The Balaban J connectivity index is 2.51. The van der Waals surface area contributed by atoms with Crippen LogP contribution in [0.5, 0.6) is 0 Å². The lowest BCUT2D eigenvalue weighted by atomic mass is 9.94. The first-order valence-electron chi connectivity index (χ1n) is 5.63. The quantitative estimate of drug-likeness (QED) is 0.779. The zero-order chi connectivity index (χ0) is 11.8. The van der Waals surface area contributed by atoms with E-state index in [0.717, 1.165) is 30.3 Å². The summed E-state index contributed by atoms with van der Waals surface area (Å²) >= 11 is 3.52. The predicted octanol–water partition coefficient (Wildman–Crippen LogP) is 3.34. The molecule has 0 aliphatic rings. The van der Waals surface area contributed by atoms with Crippen molar-refractivity contribution < 1.29 is 9.84 Å². The van der Waals surface area contributed by atoms with Gasteiger partial charge in [0.1, 0.15) is 0 Å². The Labute approximate surface area is 106 Å². The van der Waals surface area contributed by atoms with Crippen LogP contribution in [-0.2, 0) is 4.74 Å². The van der Waals surface area contributed by atoms with Crippen LogP contribution in [0.1, 0.15) is 30.7 Å². The van der Waals surface area contributed by atoms with Crippen LogP contribution >= 0.6 is 15.9 Å². The van der Waals surface area contributed by atoms with Gasteiger partial charge in [0.05, 0.1) is 0 Å². The highest BCUT2D eigenvalue weighted by molar-refractivity contribution is 9.10. The van der Waals surface area contributed by atoms with Gasteiger partial charge in [-0.2, -0.15) is 0 Å². The van der Waals surface area contributed by atoms with Gasteiger partial charge in [-0.25, -0.2) is 0 Å². The highest BCUT2D eigenvalue weighted by Crippen LogP contribution is 2.28. The third-order valence-electron chi connectivity index (χ3n) is 2.72. The van der Waals surface area contributed by atoms with Crippen molar-refractivity contribution in [1.82, 2.24) is 0 Å². The van der Waals surface area contributed by atoms with Crippen molar-refractivity contribution in [3.63, 3.8) is 0 Å². The van der Waals surface area contributed by atoms with Crippen LogP contribution in [0.2, 0.25) is 0 Å². The summed E-state index contributed by atoms with van der Waals surface area (Å²) in [4.78, 5) is 0. The molecule has 1 aromatic rings. The number of benzene rings is 1. The fourth-order valence-corrected chi connectivity index (χ4v) is 2.40. The summed E-state index contributed by atoms with van der Waals surface area (Å²) in [7, 11) is 1.72. The summed E-state index contributed by atoms with van der Waals surface area (Å²) in [6, 6.07) is 8.10. The average Bonchev–Trinajstić information content (AvgIpc) is 2.31. The fourth-order valence-electron chi connectivity index (χ4n) is 1.79. The van der Waals surface area contributed by atoms with Gasteiger partial charge in [-0.3, -0.25) is 0 Å². The second kappa shape index (κ2) is 7.82. The van der Waals surface area contributed by atoms with Crippen LogP contribution in [0.25, 0.3) is 0 Å². The molecule has 0 bridgehead atoms. The number of hydrogen-bond donors (Lipinski definition) is 1. The smallest absolute Gasteiger partial charge is 0.0500 e. The number of hydrogen-bond acceptors (Lipinski definition) is 2. The summed E-state index contributed by atoms with van der Waals surface area (Å²) in [5, 5.41) is 9.41. The predicted molar refractivity (Wildman–Crippen MR) is 69.7 cm³/mol. The fraction of sp³-hybridized carbons (Fsp3) is 0.538. The van der Waals surface area contributed by atoms with Crippen molar-refractivity contribution in [3.8, 4) is 0 Å². The van der Waals surface area contributed by atoms with E-state index in [1.807, 2.05) is 18.2 Å². The third kappa shape index (κ3) is 4.24. The Hall–Kier alpha value is -0.380. The topological polar surface area (TPSA) is 29.5 Å². The Morgan fingerprint density at radius 3 is 2.69 bits per heavy atom. The molecule has 1 N–H and O–H groups in total. The van der Waals surface area contributed by atoms with E-state index in [1.165, 1.54) is 5.56 Å². The van der Waals surface area contributed by atoms with Gasteiger partial charge in [0.2, 0.25) is 0 Å². The summed E-state index contributed by atoms with van der Waals surface area (Å²) < 4.78 is 6.10. The number of rotatable bonds is 7. The number of halogens is 1. The van der Waals surface area contributed by atoms with E-state index in [2.05, 4.69) is 22.0 Å². The van der Waals surface area contributed by atoms with Gasteiger partial charge >= 0.3 is 0 Å². The molecule has 0 aromatic heterocycles. The summed E-state index contributed by atoms with van der Waals surface area (Å²) in [6.07, 6.45) is 3.14. The number of aliphatic hydroxyl groups excluding tert-OH is 1. The molecular weight excluding hydrogens is 268 g/mol. The molecule has 0 heterocycles. The molecule has 1 atom stereocenters. The molecule has 1 unspecified atom stereocenters. The van der Waals surface area contributed by atoms with E-state index in [9.17, 15) is 5.11 Å². The van der Waals surface area contributed by atoms with E-state index < -0.39 is 0 Å².